The van der Waals surface area contributed by atoms with Crippen LogP contribution in [0.1, 0.15) is 70.8 Å². The molecule has 192 valence electrons. The van der Waals surface area contributed by atoms with Gasteiger partial charge in [0.15, 0.2) is 0 Å². The average molecular weight is 500 g/mol. The molecule has 2 aromatic carbocycles. The Kier molecular flexibility index (Phi) is 7.89. The minimum absolute atomic E-state index is 0.213. The molecule has 2 aliphatic heterocycles. The SMILES string of the molecule is Cc1c(OCCCC#N)ccc(C2CCCC3CN(C(=O)c4ccc(C(F)(F)F)cc4)CCN32)c1C. The lowest BCUT2D eigenvalue weighted by Gasteiger charge is -2.49. The van der Waals surface area contributed by atoms with Crippen molar-refractivity contribution in [2.24, 2.45) is 0 Å². The Morgan fingerprint density at radius 3 is 2.53 bits per heavy atom. The van der Waals surface area contributed by atoms with Crippen LogP contribution < -0.4 is 4.74 Å². The van der Waals surface area contributed by atoms with Crippen LogP contribution in [0.5, 0.6) is 5.75 Å². The monoisotopic (exact) mass is 499 g/mol. The summed E-state index contributed by atoms with van der Waals surface area (Å²) in [7, 11) is 0. The second-order valence-electron chi connectivity index (χ2n) is 9.68. The lowest BCUT2D eigenvalue weighted by molar-refractivity contribution is -0.137. The molecule has 2 unspecified atom stereocenters. The average Bonchev–Trinajstić information content (AvgIpc) is 2.87. The Hall–Kier alpha value is -3.05. The predicted octanol–water partition coefficient (Wildman–Crippen LogP) is 6.06. The number of unbranched alkanes of at least 4 members (excludes halogenated alkanes) is 1. The van der Waals surface area contributed by atoms with Crippen molar-refractivity contribution >= 4 is 5.91 Å². The zero-order valence-corrected chi connectivity index (χ0v) is 20.8. The standard InChI is InChI=1S/C28H32F3N3O2/c1-19-20(2)26(36-17-4-3-14-32)13-12-24(19)25-7-5-6-23-18-33(15-16-34(23)25)27(35)21-8-10-22(11-9-21)28(29,30)31/h8-13,23,25H,3-7,15-18H2,1-2H3. The molecule has 2 aromatic rings. The smallest absolute Gasteiger partial charge is 0.416 e. The summed E-state index contributed by atoms with van der Waals surface area (Å²) in [5, 5.41) is 8.71. The number of ether oxygens (including phenoxy) is 1. The Labute approximate surface area is 210 Å². The lowest BCUT2D eigenvalue weighted by Crippen LogP contribution is -2.57. The van der Waals surface area contributed by atoms with E-state index in [1.807, 2.05) is 6.07 Å². The minimum atomic E-state index is -4.41. The minimum Gasteiger partial charge on any atom is -0.493 e. The quantitative estimate of drug-likeness (QED) is 0.454. The van der Waals surface area contributed by atoms with Crippen molar-refractivity contribution in [1.29, 1.82) is 5.26 Å². The summed E-state index contributed by atoms with van der Waals surface area (Å²) < 4.78 is 44.5. The normalized spacial score (nSPS) is 20.5. The number of carbonyl (C=O) groups excluding carboxylic acids is 1. The van der Waals surface area contributed by atoms with Crippen molar-refractivity contribution in [3.05, 3.63) is 64.2 Å². The van der Waals surface area contributed by atoms with E-state index in [0.717, 1.165) is 49.3 Å². The first-order valence-electron chi connectivity index (χ1n) is 12.5. The van der Waals surface area contributed by atoms with E-state index in [4.69, 9.17) is 10.00 Å². The van der Waals surface area contributed by atoms with Crippen LogP contribution in [0, 0.1) is 25.2 Å². The highest BCUT2D eigenvalue weighted by atomic mass is 19.4. The Morgan fingerprint density at radius 2 is 1.83 bits per heavy atom. The molecule has 0 N–H and O–H groups in total. The topological polar surface area (TPSA) is 56.6 Å². The molecule has 2 fully saturated rings. The molecule has 0 spiro atoms. The van der Waals surface area contributed by atoms with E-state index < -0.39 is 11.7 Å². The van der Waals surface area contributed by atoms with E-state index in [1.165, 1.54) is 23.3 Å². The lowest BCUT2D eigenvalue weighted by atomic mass is 9.86. The molecular formula is C28H32F3N3O2. The third kappa shape index (κ3) is 5.52. The molecule has 2 saturated heterocycles. The van der Waals surface area contributed by atoms with Crippen LogP contribution in [-0.2, 0) is 6.18 Å². The van der Waals surface area contributed by atoms with Gasteiger partial charge in [0.1, 0.15) is 5.75 Å². The molecule has 2 atom stereocenters. The van der Waals surface area contributed by atoms with Gasteiger partial charge in [0.2, 0.25) is 0 Å². The number of rotatable bonds is 6. The molecule has 5 nitrogen and oxygen atoms in total. The zero-order valence-electron chi connectivity index (χ0n) is 20.8. The summed E-state index contributed by atoms with van der Waals surface area (Å²) in [4.78, 5) is 17.3. The maximum absolute atomic E-state index is 13.0. The van der Waals surface area contributed by atoms with E-state index >= 15 is 0 Å². The molecule has 8 heteroatoms. The van der Waals surface area contributed by atoms with E-state index in [9.17, 15) is 18.0 Å². The van der Waals surface area contributed by atoms with Crippen LogP contribution in [0.25, 0.3) is 0 Å². The molecule has 1 amide bonds. The maximum Gasteiger partial charge on any atom is 0.416 e. The van der Waals surface area contributed by atoms with Gasteiger partial charge in [-0.15, -0.1) is 0 Å². The fourth-order valence-electron chi connectivity index (χ4n) is 5.42. The number of benzene rings is 2. The van der Waals surface area contributed by atoms with Gasteiger partial charge in [-0.05, 0) is 86.6 Å². The van der Waals surface area contributed by atoms with Crippen LogP contribution in [0.15, 0.2) is 36.4 Å². The third-order valence-corrected chi connectivity index (χ3v) is 7.52. The van der Waals surface area contributed by atoms with Crippen LogP contribution in [0.3, 0.4) is 0 Å². The molecule has 0 bridgehead atoms. The number of amides is 1. The van der Waals surface area contributed by atoms with Crippen molar-refractivity contribution in [2.45, 2.75) is 64.2 Å². The second kappa shape index (κ2) is 10.9. The predicted molar refractivity (Wildman–Crippen MR) is 131 cm³/mol. The van der Waals surface area contributed by atoms with Gasteiger partial charge in [-0.3, -0.25) is 9.69 Å². The van der Waals surface area contributed by atoms with Crippen LogP contribution in [-0.4, -0.2) is 48.0 Å². The number of nitriles is 1. The van der Waals surface area contributed by atoms with Gasteiger partial charge in [-0.25, -0.2) is 0 Å². The van der Waals surface area contributed by atoms with E-state index in [-0.39, 0.29) is 18.0 Å². The van der Waals surface area contributed by atoms with E-state index in [2.05, 4.69) is 30.9 Å². The van der Waals surface area contributed by atoms with Gasteiger partial charge in [0.05, 0.1) is 18.2 Å². The largest absolute Gasteiger partial charge is 0.493 e. The van der Waals surface area contributed by atoms with Gasteiger partial charge < -0.3 is 9.64 Å². The van der Waals surface area contributed by atoms with Gasteiger partial charge in [0.25, 0.3) is 5.91 Å². The second-order valence-corrected chi connectivity index (χ2v) is 9.68. The summed E-state index contributed by atoms with van der Waals surface area (Å²) in [5.74, 6) is 0.643. The van der Waals surface area contributed by atoms with Crippen molar-refractivity contribution in [3.8, 4) is 11.8 Å². The van der Waals surface area contributed by atoms with Gasteiger partial charge in [0, 0.05) is 43.7 Å². The van der Waals surface area contributed by atoms with Crippen molar-refractivity contribution in [3.63, 3.8) is 0 Å². The zero-order chi connectivity index (χ0) is 25.9. The number of piperazine rings is 1. The molecule has 36 heavy (non-hydrogen) atoms. The molecule has 0 aliphatic carbocycles. The molecule has 2 heterocycles. The Morgan fingerprint density at radius 1 is 1.08 bits per heavy atom. The summed E-state index contributed by atoms with van der Waals surface area (Å²) in [6.45, 7) is 6.57. The number of hydrogen-bond donors (Lipinski definition) is 0. The number of alkyl halides is 3. The highest BCUT2D eigenvalue weighted by Gasteiger charge is 2.38. The van der Waals surface area contributed by atoms with Crippen LogP contribution in [0.4, 0.5) is 13.2 Å². The summed E-state index contributed by atoms with van der Waals surface area (Å²) in [5.41, 5.74) is 3.15. The van der Waals surface area contributed by atoms with Crippen LogP contribution in [0.2, 0.25) is 0 Å². The third-order valence-electron chi connectivity index (χ3n) is 7.52. The molecule has 4 rings (SSSR count). The molecule has 0 radical (unpaired) electrons. The number of piperidine rings is 1. The summed E-state index contributed by atoms with van der Waals surface area (Å²) >= 11 is 0. The summed E-state index contributed by atoms with van der Waals surface area (Å²) in [6.07, 6.45) is -0.136. The molecule has 0 saturated carbocycles. The van der Waals surface area contributed by atoms with Gasteiger partial charge >= 0.3 is 6.18 Å². The first-order chi connectivity index (χ1) is 17.2. The van der Waals surface area contributed by atoms with Gasteiger partial charge in [-0.1, -0.05) is 6.07 Å². The summed E-state index contributed by atoms with van der Waals surface area (Å²) in [6, 6.07) is 11.3. The number of nitrogens with zero attached hydrogens (tertiary/aromatic N) is 3. The highest BCUT2D eigenvalue weighted by molar-refractivity contribution is 5.94. The molecule has 0 aromatic heterocycles. The van der Waals surface area contributed by atoms with Crippen molar-refractivity contribution < 1.29 is 22.7 Å². The fourth-order valence-corrected chi connectivity index (χ4v) is 5.42. The van der Waals surface area contributed by atoms with E-state index in [1.54, 1.807) is 4.90 Å². The number of carbonyl (C=O) groups is 1. The number of halogens is 3. The Balaban J connectivity index is 1.44. The molecular weight excluding hydrogens is 467 g/mol. The van der Waals surface area contributed by atoms with Crippen LogP contribution >= 0.6 is 0 Å². The number of fused-ring (bicyclic) bond motifs is 1. The maximum atomic E-state index is 13.0. The highest BCUT2D eigenvalue weighted by Crippen LogP contribution is 2.39. The van der Waals surface area contributed by atoms with Gasteiger partial charge in [-0.2, -0.15) is 18.4 Å². The fraction of sp³-hybridized carbons (Fsp3) is 0.500. The first-order valence-corrected chi connectivity index (χ1v) is 12.5. The Bertz CT molecular complexity index is 1120. The number of hydrogen-bond acceptors (Lipinski definition) is 4. The van der Waals surface area contributed by atoms with Crippen molar-refractivity contribution in [2.75, 3.05) is 26.2 Å². The molecule has 2 aliphatic rings. The first kappa shape index (κ1) is 26.0. The van der Waals surface area contributed by atoms with Crippen molar-refractivity contribution in [1.82, 2.24) is 9.80 Å². The van der Waals surface area contributed by atoms with E-state index in [0.29, 0.717) is 38.1 Å².